The van der Waals surface area contributed by atoms with Crippen LogP contribution in [0.5, 0.6) is 5.75 Å². The molecule has 2 aromatic rings. The summed E-state index contributed by atoms with van der Waals surface area (Å²) in [7, 11) is 1.65. The van der Waals surface area contributed by atoms with Crippen LogP contribution in [0.3, 0.4) is 0 Å². The maximum absolute atomic E-state index is 6.37. The van der Waals surface area contributed by atoms with Gasteiger partial charge in [-0.1, -0.05) is 29.3 Å². The lowest BCUT2D eigenvalue weighted by Gasteiger charge is -2.28. The van der Waals surface area contributed by atoms with Crippen LogP contribution in [0.25, 0.3) is 0 Å². The van der Waals surface area contributed by atoms with Crippen LogP contribution >= 0.6 is 35.4 Å². The zero-order valence-electron chi connectivity index (χ0n) is 15.1. The van der Waals surface area contributed by atoms with E-state index in [0.29, 0.717) is 28.2 Å². The lowest BCUT2D eigenvalue weighted by molar-refractivity contribution is 0.0905. The Morgan fingerprint density at radius 2 is 2.04 bits per heavy atom. The number of hydrogen-bond donors (Lipinski definition) is 1. The average molecular weight is 425 g/mol. The molecule has 1 N–H and O–H groups in total. The lowest BCUT2D eigenvalue weighted by Crippen LogP contribution is -2.39. The molecule has 0 spiro atoms. The minimum absolute atomic E-state index is 0.173. The lowest BCUT2D eigenvalue weighted by atomic mass is 10.2. The van der Waals surface area contributed by atoms with E-state index in [1.807, 2.05) is 36.4 Å². The number of benzene rings is 2. The monoisotopic (exact) mass is 424 g/mol. The first kappa shape index (κ1) is 20.2. The van der Waals surface area contributed by atoms with E-state index in [-0.39, 0.29) is 6.10 Å². The van der Waals surface area contributed by atoms with E-state index in [2.05, 4.69) is 10.2 Å². The van der Waals surface area contributed by atoms with Gasteiger partial charge < -0.3 is 19.7 Å². The van der Waals surface area contributed by atoms with Crippen molar-refractivity contribution in [1.82, 2.24) is 4.90 Å². The average Bonchev–Trinajstić information content (AvgIpc) is 3.17. The predicted octanol–water partition coefficient (Wildman–Crippen LogP) is 5.38. The van der Waals surface area contributed by atoms with Gasteiger partial charge in [0.2, 0.25) is 0 Å². The van der Waals surface area contributed by atoms with Crippen molar-refractivity contribution in [2.75, 3.05) is 25.6 Å². The quantitative estimate of drug-likeness (QED) is 0.629. The molecule has 3 rings (SSSR count). The molecule has 1 atom stereocenters. The van der Waals surface area contributed by atoms with Crippen LogP contribution in [0.2, 0.25) is 10.0 Å². The molecule has 0 aliphatic carbocycles. The summed E-state index contributed by atoms with van der Waals surface area (Å²) in [5.41, 5.74) is 1.87. The number of thiocarbonyl (C=S) groups is 1. The minimum atomic E-state index is 0.173. The van der Waals surface area contributed by atoms with Crippen LogP contribution in [0.1, 0.15) is 18.4 Å². The third-order valence-electron chi connectivity index (χ3n) is 4.45. The molecule has 0 amide bonds. The zero-order valence-corrected chi connectivity index (χ0v) is 17.4. The fourth-order valence-electron chi connectivity index (χ4n) is 2.99. The van der Waals surface area contributed by atoms with Gasteiger partial charge in [-0.25, -0.2) is 0 Å². The molecule has 2 aromatic carbocycles. The van der Waals surface area contributed by atoms with E-state index in [1.165, 1.54) is 0 Å². The number of ether oxygens (including phenoxy) is 2. The van der Waals surface area contributed by atoms with Crippen molar-refractivity contribution >= 4 is 46.2 Å². The molecule has 0 bridgehead atoms. The van der Waals surface area contributed by atoms with E-state index < -0.39 is 0 Å². The number of hydrogen-bond acceptors (Lipinski definition) is 3. The minimum Gasteiger partial charge on any atom is -0.497 e. The number of anilines is 1. The molecule has 1 aliphatic rings. The summed E-state index contributed by atoms with van der Waals surface area (Å²) >= 11 is 18.1. The number of halogens is 2. The highest BCUT2D eigenvalue weighted by Gasteiger charge is 2.22. The third kappa shape index (κ3) is 5.72. The first-order valence-corrected chi connectivity index (χ1v) is 9.97. The zero-order chi connectivity index (χ0) is 19.2. The molecule has 1 heterocycles. The van der Waals surface area contributed by atoms with Crippen molar-refractivity contribution < 1.29 is 9.47 Å². The van der Waals surface area contributed by atoms with E-state index in [0.717, 1.165) is 36.4 Å². The first-order valence-electron chi connectivity index (χ1n) is 8.80. The molecule has 1 fully saturated rings. The smallest absolute Gasteiger partial charge is 0.173 e. The predicted molar refractivity (Wildman–Crippen MR) is 115 cm³/mol. The van der Waals surface area contributed by atoms with Crippen LogP contribution in [-0.2, 0) is 11.3 Å². The highest BCUT2D eigenvalue weighted by molar-refractivity contribution is 7.80. The van der Waals surface area contributed by atoms with Gasteiger partial charge in [-0.3, -0.25) is 0 Å². The fraction of sp³-hybridized carbons (Fsp3) is 0.350. The maximum atomic E-state index is 6.37. The molecule has 1 saturated heterocycles. The summed E-state index contributed by atoms with van der Waals surface area (Å²) in [5.74, 6) is 0.802. The largest absolute Gasteiger partial charge is 0.497 e. The van der Waals surface area contributed by atoms with E-state index in [4.69, 9.17) is 44.9 Å². The van der Waals surface area contributed by atoms with Crippen molar-refractivity contribution in [2.24, 2.45) is 0 Å². The topological polar surface area (TPSA) is 33.7 Å². The fourth-order valence-corrected chi connectivity index (χ4v) is 3.71. The Labute approximate surface area is 175 Å². The van der Waals surface area contributed by atoms with Gasteiger partial charge in [-0.05, 0) is 67.0 Å². The van der Waals surface area contributed by atoms with Crippen LogP contribution in [0, 0.1) is 0 Å². The van der Waals surface area contributed by atoms with Gasteiger partial charge in [0.05, 0.1) is 13.2 Å². The molecule has 7 heteroatoms. The van der Waals surface area contributed by atoms with Crippen molar-refractivity contribution in [2.45, 2.75) is 25.5 Å². The molecule has 1 aliphatic heterocycles. The first-order chi connectivity index (χ1) is 13.0. The Bertz CT molecular complexity index is 780. The second-order valence-corrected chi connectivity index (χ2v) is 7.64. The van der Waals surface area contributed by atoms with Gasteiger partial charge in [0, 0.05) is 35.4 Å². The van der Waals surface area contributed by atoms with Gasteiger partial charge in [-0.2, -0.15) is 0 Å². The maximum Gasteiger partial charge on any atom is 0.173 e. The van der Waals surface area contributed by atoms with Crippen LogP contribution in [0.4, 0.5) is 5.69 Å². The van der Waals surface area contributed by atoms with Crippen molar-refractivity contribution in [1.29, 1.82) is 0 Å². The van der Waals surface area contributed by atoms with Gasteiger partial charge in [-0.15, -0.1) is 0 Å². The molecular formula is C20H22Cl2N2O2S. The Hall–Kier alpha value is -1.53. The van der Waals surface area contributed by atoms with E-state index >= 15 is 0 Å². The standard InChI is InChI=1S/C20H22Cl2N2O2S/c1-25-17-8-6-16(7-9-17)23-20(27)24(13-18-3-2-10-26-18)12-14-4-5-15(21)11-19(14)22/h4-9,11,18H,2-3,10,12-13H2,1H3,(H,23,27). The summed E-state index contributed by atoms with van der Waals surface area (Å²) in [6, 6.07) is 13.2. The Morgan fingerprint density at radius 1 is 1.26 bits per heavy atom. The molecule has 1 unspecified atom stereocenters. The SMILES string of the molecule is COc1ccc(NC(=S)N(Cc2ccc(Cl)cc2Cl)CC2CCCO2)cc1. The van der Waals surface area contributed by atoms with Crippen LogP contribution in [-0.4, -0.2) is 36.4 Å². The van der Waals surface area contributed by atoms with E-state index in [9.17, 15) is 0 Å². The second kappa shape index (κ2) is 9.60. The molecule has 0 aromatic heterocycles. The summed E-state index contributed by atoms with van der Waals surface area (Å²) in [5, 5.41) is 5.17. The Morgan fingerprint density at radius 3 is 2.67 bits per heavy atom. The molecular weight excluding hydrogens is 403 g/mol. The summed E-state index contributed by atoms with van der Waals surface area (Å²) in [6.07, 6.45) is 2.29. The number of rotatable bonds is 6. The molecule has 144 valence electrons. The van der Waals surface area contributed by atoms with Crippen LogP contribution < -0.4 is 10.1 Å². The van der Waals surface area contributed by atoms with Gasteiger partial charge >= 0.3 is 0 Å². The highest BCUT2D eigenvalue weighted by Crippen LogP contribution is 2.24. The normalized spacial score (nSPS) is 16.2. The Kier molecular flexibility index (Phi) is 7.19. The van der Waals surface area contributed by atoms with Crippen molar-refractivity contribution in [3.05, 3.63) is 58.1 Å². The van der Waals surface area contributed by atoms with Gasteiger partial charge in [0.15, 0.2) is 5.11 Å². The number of nitrogens with one attached hydrogen (secondary N) is 1. The van der Waals surface area contributed by atoms with Gasteiger partial charge in [0.1, 0.15) is 5.75 Å². The van der Waals surface area contributed by atoms with E-state index in [1.54, 1.807) is 13.2 Å². The molecule has 0 saturated carbocycles. The molecule has 27 heavy (non-hydrogen) atoms. The van der Waals surface area contributed by atoms with Gasteiger partial charge in [0.25, 0.3) is 0 Å². The van der Waals surface area contributed by atoms with Crippen molar-refractivity contribution in [3.63, 3.8) is 0 Å². The van der Waals surface area contributed by atoms with Crippen LogP contribution in [0.15, 0.2) is 42.5 Å². The van der Waals surface area contributed by atoms with Crippen molar-refractivity contribution in [3.8, 4) is 5.75 Å². The molecule has 0 radical (unpaired) electrons. The number of methoxy groups -OCH3 is 1. The third-order valence-corrected chi connectivity index (χ3v) is 5.40. The number of nitrogens with zero attached hydrogens (tertiary/aromatic N) is 1. The highest BCUT2D eigenvalue weighted by atomic mass is 35.5. The summed E-state index contributed by atoms with van der Waals surface area (Å²) in [6.45, 7) is 2.09. The summed E-state index contributed by atoms with van der Waals surface area (Å²) < 4.78 is 11.0. The summed E-state index contributed by atoms with van der Waals surface area (Å²) in [4.78, 5) is 2.09. The Balaban J connectivity index is 1.73. The molecule has 4 nitrogen and oxygen atoms in total. The second-order valence-electron chi connectivity index (χ2n) is 6.41.